The van der Waals surface area contributed by atoms with Crippen LogP contribution in [0, 0.1) is 0 Å². The van der Waals surface area contributed by atoms with Crippen molar-refractivity contribution >= 4 is 45.0 Å². The maximum Gasteiger partial charge on any atom is 0.260 e. The Balaban J connectivity index is 0.00000324. The molecule has 6 nitrogen and oxygen atoms in total. The highest BCUT2D eigenvalue weighted by atomic mass is 35.5. The first-order chi connectivity index (χ1) is 16.0. The van der Waals surface area contributed by atoms with Gasteiger partial charge in [-0.15, -0.1) is 12.4 Å². The molecule has 1 heterocycles. The lowest BCUT2D eigenvalue weighted by atomic mass is 10.2. The smallest absolute Gasteiger partial charge is 0.260 e. The number of para-hydroxylation sites is 1. The van der Waals surface area contributed by atoms with E-state index in [1.807, 2.05) is 80.8 Å². The van der Waals surface area contributed by atoms with Crippen LogP contribution in [0.4, 0.5) is 5.13 Å². The van der Waals surface area contributed by atoms with Crippen molar-refractivity contribution in [3.05, 3.63) is 78.4 Å². The highest BCUT2D eigenvalue weighted by Crippen LogP contribution is 2.32. The molecule has 0 fully saturated rings. The van der Waals surface area contributed by atoms with Crippen molar-refractivity contribution in [1.82, 2.24) is 9.88 Å². The molecule has 0 aliphatic heterocycles. The number of rotatable bonds is 9. The molecule has 1 amide bonds. The van der Waals surface area contributed by atoms with Gasteiger partial charge in [0.25, 0.3) is 5.91 Å². The first-order valence-corrected chi connectivity index (χ1v) is 11.6. The monoisotopic (exact) mass is 497 g/mol. The van der Waals surface area contributed by atoms with Crippen molar-refractivity contribution in [3.63, 3.8) is 0 Å². The number of nitrogens with zero attached hydrogens (tertiary/aromatic N) is 3. The maximum atomic E-state index is 13.6. The molecule has 0 aliphatic carbocycles. The second-order valence-electron chi connectivity index (χ2n) is 7.89. The molecule has 0 radical (unpaired) electrons. The highest BCUT2D eigenvalue weighted by molar-refractivity contribution is 7.22. The topological polar surface area (TPSA) is 54.9 Å². The number of carbonyl (C=O) groups is 1. The number of aromatic nitrogens is 1. The summed E-state index contributed by atoms with van der Waals surface area (Å²) in [7, 11) is 5.69. The van der Waals surface area contributed by atoms with E-state index in [9.17, 15) is 4.79 Å². The number of benzene rings is 3. The minimum atomic E-state index is -0.0988. The average molecular weight is 498 g/mol. The quantitative estimate of drug-likeness (QED) is 0.279. The van der Waals surface area contributed by atoms with E-state index in [2.05, 4.69) is 4.90 Å². The van der Waals surface area contributed by atoms with E-state index in [-0.39, 0.29) is 18.3 Å². The van der Waals surface area contributed by atoms with Crippen LogP contribution >= 0.6 is 23.7 Å². The molecule has 0 saturated heterocycles. The summed E-state index contributed by atoms with van der Waals surface area (Å²) in [6, 6.07) is 22.6. The fourth-order valence-corrected chi connectivity index (χ4v) is 4.41. The zero-order valence-corrected chi connectivity index (χ0v) is 21.1. The number of ether oxygens (including phenoxy) is 2. The van der Waals surface area contributed by atoms with Gasteiger partial charge in [0.05, 0.1) is 17.3 Å². The molecule has 0 bridgehead atoms. The van der Waals surface area contributed by atoms with Gasteiger partial charge in [0.2, 0.25) is 0 Å². The van der Waals surface area contributed by atoms with Gasteiger partial charge in [-0.05, 0) is 69.5 Å². The van der Waals surface area contributed by atoms with Gasteiger partial charge in [0, 0.05) is 18.2 Å². The Labute approximate surface area is 210 Å². The predicted molar refractivity (Wildman–Crippen MR) is 141 cm³/mol. The highest BCUT2D eigenvalue weighted by Gasteiger charge is 2.22. The predicted octanol–water partition coefficient (Wildman–Crippen LogP) is 6.12. The van der Waals surface area contributed by atoms with Crippen molar-refractivity contribution in [2.45, 2.75) is 6.42 Å². The van der Waals surface area contributed by atoms with Crippen molar-refractivity contribution in [1.29, 1.82) is 0 Å². The lowest BCUT2D eigenvalue weighted by molar-refractivity contribution is 0.0985. The Morgan fingerprint density at radius 2 is 1.68 bits per heavy atom. The second kappa shape index (κ2) is 11.8. The standard InChI is InChI=1S/C26H27N3O3S.ClH/c1-28(2)15-8-16-29(26-27-23-18-21(31-3)13-14-24(23)33-26)25(30)19-9-7-12-22(17-19)32-20-10-5-4-6-11-20;/h4-7,9-14,17-18H,8,15-16H2,1-3H3;1H. The fraction of sp³-hybridized carbons (Fsp3) is 0.231. The van der Waals surface area contributed by atoms with Gasteiger partial charge < -0.3 is 14.4 Å². The maximum absolute atomic E-state index is 13.6. The number of fused-ring (bicyclic) bond motifs is 1. The van der Waals surface area contributed by atoms with Crippen LogP contribution in [0.3, 0.4) is 0 Å². The van der Waals surface area contributed by atoms with Crippen molar-refractivity contribution in [3.8, 4) is 17.2 Å². The molecule has 0 unspecified atom stereocenters. The zero-order chi connectivity index (χ0) is 23.2. The fourth-order valence-electron chi connectivity index (χ4n) is 3.44. The van der Waals surface area contributed by atoms with E-state index in [1.54, 1.807) is 18.1 Å². The van der Waals surface area contributed by atoms with Crippen LogP contribution in [0.15, 0.2) is 72.8 Å². The molecule has 0 atom stereocenters. The number of anilines is 1. The molecule has 1 aromatic heterocycles. The molecule has 0 N–H and O–H groups in total. The molecular formula is C26H28ClN3O3S. The minimum Gasteiger partial charge on any atom is -0.497 e. The summed E-state index contributed by atoms with van der Waals surface area (Å²) < 4.78 is 12.3. The Kier molecular flexibility index (Phi) is 8.87. The minimum absolute atomic E-state index is 0. The molecule has 3 aromatic carbocycles. The SMILES string of the molecule is COc1ccc2sc(N(CCCN(C)C)C(=O)c3cccc(Oc4ccccc4)c3)nc2c1.Cl. The molecule has 4 rings (SSSR count). The zero-order valence-electron chi connectivity index (χ0n) is 19.4. The summed E-state index contributed by atoms with van der Waals surface area (Å²) in [5, 5.41) is 0.677. The van der Waals surface area contributed by atoms with E-state index in [1.165, 1.54) is 11.3 Å². The van der Waals surface area contributed by atoms with Gasteiger partial charge in [-0.25, -0.2) is 4.98 Å². The Hall–Kier alpha value is -3.13. The third-order valence-electron chi connectivity index (χ3n) is 5.11. The Morgan fingerprint density at radius 1 is 0.912 bits per heavy atom. The van der Waals surface area contributed by atoms with Crippen molar-refractivity contribution < 1.29 is 14.3 Å². The van der Waals surface area contributed by atoms with Gasteiger partial charge in [-0.3, -0.25) is 9.69 Å². The molecule has 34 heavy (non-hydrogen) atoms. The van der Waals surface area contributed by atoms with Gasteiger partial charge in [0.1, 0.15) is 17.2 Å². The molecule has 178 valence electrons. The number of methoxy groups -OCH3 is 1. The Morgan fingerprint density at radius 3 is 2.41 bits per heavy atom. The van der Waals surface area contributed by atoms with Crippen LogP contribution in [0.1, 0.15) is 16.8 Å². The lowest BCUT2D eigenvalue weighted by Gasteiger charge is -2.21. The average Bonchev–Trinajstić information content (AvgIpc) is 3.25. The molecule has 8 heteroatoms. The number of carbonyl (C=O) groups excluding carboxylic acids is 1. The normalized spacial score (nSPS) is 10.7. The third kappa shape index (κ3) is 6.26. The van der Waals surface area contributed by atoms with Crippen LogP contribution in [0.5, 0.6) is 17.2 Å². The van der Waals surface area contributed by atoms with Gasteiger partial charge >= 0.3 is 0 Å². The van der Waals surface area contributed by atoms with Crippen LogP contribution in [0.25, 0.3) is 10.2 Å². The van der Waals surface area contributed by atoms with Crippen molar-refractivity contribution in [2.24, 2.45) is 0 Å². The second-order valence-corrected chi connectivity index (χ2v) is 8.90. The summed E-state index contributed by atoms with van der Waals surface area (Å²) in [6.45, 7) is 1.44. The van der Waals surface area contributed by atoms with E-state index in [0.717, 1.165) is 34.7 Å². The van der Waals surface area contributed by atoms with Gasteiger partial charge in [0.15, 0.2) is 5.13 Å². The summed E-state index contributed by atoms with van der Waals surface area (Å²) in [6.07, 6.45) is 0.832. The summed E-state index contributed by atoms with van der Waals surface area (Å²) >= 11 is 1.51. The molecular weight excluding hydrogens is 470 g/mol. The number of amides is 1. The summed E-state index contributed by atoms with van der Waals surface area (Å²) in [4.78, 5) is 22.3. The number of thiazole rings is 1. The number of halogens is 1. The first-order valence-electron chi connectivity index (χ1n) is 10.8. The van der Waals surface area contributed by atoms with Crippen molar-refractivity contribution in [2.75, 3.05) is 39.2 Å². The van der Waals surface area contributed by atoms with Gasteiger partial charge in [-0.2, -0.15) is 0 Å². The van der Waals surface area contributed by atoms with Crippen LogP contribution in [-0.2, 0) is 0 Å². The molecule has 0 aliphatic rings. The molecule has 4 aromatic rings. The Bertz CT molecular complexity index is 1230. The van der Waals surface area contributed by atoms with Crippen LogP contribution in [-0.4, -0.2) is 50.1 Å². The summed E-state index contributed by atoms with van der Waals surface area (Å²) in [5.74, 6) is 1.99. The largest absolute Gasteiger partial charge is 0.497 e. The summed E-state index contributed by atoms with van der Waals surface area (Å²) in [5.41, 5.74) is 1.38. The van der Waals surface area contributed by atoms with E-state index in [0.29, 0.717) is 23.0 Å². The number of hydrogen-bond acceptors (Lipinski definition) is 6. The third-order valence-corrected chi connectivity index (χ3v) is 6.17. The first kappa shape index (κ1) is 25.5. The molecule has 0 saturated carbocycles. The van der Waals surface area contributed by atoms with Crippen LogP contribution < -0.4 is 14.4 Å². The molecule has 0 spiro atoms. The van der Waals surface area contributed by atoms with Gasteiger partial charge in [-0.1, -0.05) is 35.6 Å². The van der Waals surface area contributed by atoms with E-state index >= 15 is 0 Å². The van der Waals surface area contributed by atoms with E-state index in [4.69, 9.17) is 14.5 Å². The van der Waals surface area contributed by atoms with E-state index < -0.39 is 0 Å². The lowest BCUT2D eigenvalue weighted by Crippen LogP contribution is -2.33. The van der Waals surface area contributed by atoms with Crippen LogP contribution in [0.2, 0.25) is 0 Å². The number of hydrogen-bond donors (Lipinski definition) is 0.